The first-order valence-corrected chi connectivity index (χ1v) is 12.3. The molecule has 0 spiro atoms. The maximum Gasteiger partial charge on any atom is 0.270 e. The maximum atomic E-state index is 14.0. The summed E-state index contributed by atoms with van der Waals surface area (Å²) in [6.45, 7) is 7.26. The molecule has 0 atom stereocenters. The van der Waals surface area contributed by atoms with Gasteiger partial charge in [-0.05, 0) is 68.9 Å². The number of aromatic nitrogens is 1. The highest BCUT2D eigenvalue weighted by Crippen LogP contribution is 2.35. The van der Waals surface area contributed by atoms with Gasteiger partial charge in [-0.25, -0.2) is 8.78 Å². The molecule has 2 aromatic carbocycles. The minimum absolute atomic E-state index is 0.0989. The number of hydrogen-bond donors (Lipinski definition) is 1. The van der Waals surface area contributed by atoms with Crippen molar-refractivity contribution in [1.82, 2.24) is 15.2 Å². The van der Waals surface area contributed by atoms with Gasteiger partial charge in [0.05, 0.1) is 11.3 Å². The topological polar surface area (TPSA) is 57.6 Å². The van der Waals surface area contributed by atoms with Crippen LogP contribution in [-0.2, 0) is 17.8 Å². The maximum absolute atomic E-state index is 14.0. The number of hydrogen-bond acceptors (Lipinski definition) is 4. The minimum atomic E-state index is -2.86. The van der Waals surface area contributed by atoms with Gasteiger partial charge in [-0.2, -0.15) is 0 Å². The quantitative estimate of drug-likeness (QED) is 0.401. The summed E-state index contributed by atoms with van der Waals surface area (Å²) in [4.78, 5) is 23.9. The number of likely N-dealkylation sites (tertiary alicyclic amines) is 1. The van der Waals surface area contributed by atoms with Crippen LogP contribution in [0.1, 0.15) is 46.9 Å². The summed E-state index contributed by atoms with van der Waals surface area (Å²) in [5.41, 5.74) is 2.48. The number of alkyl halides is 2. The number of halogens is 2. The van der Waals surface area contributed by atoms with E-state index in [1.807, 2.05) is 36.4 Å². The van der Waals surface area contributed by atoms with Gasteiger partial charge in [0.2, 0.25) is 0 Å². The van der Waals surface area contributed by atoms with Crippen molar-refractivity contribution in [2.24, 2.45) is 4.99 Å². The van der Waals surface area contributed by atoms with E-state index in [4.69, 9.17) is 0 Å². The van der Waals surface area contributed by atoms with E-state index in [0.717, 1.165) is 38.5 Å². The summed E-state index contributed by atoms with van der Waals surface area (Å²) in [5.74, 6) is -3.04. The zero-order chi connectivity index (χ0) is 25.6. The standard InChI is InChI=1S/C29H32F2N4O/c1-28(30,31)24-11-5-3-9-22(24)14-18-35-19-15-29(16-20-35,26-13-7-8-17-33-26)21-34-27(36)23-10-4-6-12-25(23)32-2/h3-13,17H,2,14-16,18-21H2,1H3,(H,34,36). The number of carbonyl (C=O) groups is 1. The molecule has 1 aliphatic heterocycles. The van der Waals surface area contributed by atoms with Crippen molar-refractivity contribution in [1.29, 1.82) is 0 Å². The summed E-state index contributed by atoms with van der Waals surface area (Å²) < 4.78 is 28.1. The number of nitrogens with zero attached hydrogens (tertiary/aromatic N) is 3. The summed E-state index contributed by atoms with van der Waals surface area (Å²) in [6, 6.07) is 19.8. The van der Waals surface area contributed by atoms with E-state index < -0.39 is 5.92 Å². The van der Waals surface area contributed by atoms with E-state index in [1.54, 1.807) is 30.5 Å². The van der Waals surface area contributed by atoms with Crippen molar-refractivity contribution in [3.63, 3.8) is 0 Å². The van der Waals surface area contributed by atoms with Gasteiger partial charge in [0.15, 0.2) is 0 Å². The van der Waals surface area contributed by atoms with E-state index in [2.05, 4.69) is 26.9 Å². The number of nitrogens with one attached hydrogen (secondary N) is 1. The van der Waals surface area contributed by atoms with Crippen LogP contribution in [0.5, 0.6) is 0 Å². The highest BCUT2D eigenvalue weighted by Gasteiger charge is 2.38. The zero-order valence-corrected chi connectivity index (χ0v) is 20.6. The molecule has 5 nitrogen and oxygen atoms in total. The second-order valence-electron chi connectivity index (χ2n) is 9.49. The molecule has 0 aliphatic carbocycles. The molecule has 7 heteroatoms. The Morgan fingerprint density at radius 1 is 1.08 bits per heavy atom. The van der Waals surface area contributed by atoms with Gasteiger partial charge in [-0.1, -0.05) is 42.5 Å². The minimum Gasteiger partial charge on any atom is -0.351 e. The lowest BCUT2D eigenvalue weighted by atomic mass is 9.75. The van der Waals surface area contributed by atoms with Gasteiger partial charge in [0.25, 0.3) is 11.8 Å². The molecule has 1 aliphatic rings. The largest absolute Gasteiger partial charge is 0.351 e. The number of benzene rings is 2. The van der Waals surface area contributed by atoms with E-state index in [1.165, 1.54) is 6.07 Å². The number of carbonyl (C=O) groups excluding carboxylic acids is 1. The molecular formula is C29H32F2N4O. The molecule has 188 valence electrons. The van der Waals surface area contributed by atoms with Gasteiger partial charge in [0.1, 0.15) is 0 Å². The van der Waals surface area contributed by atoms with Gasteiger partial charge < -0.3 is 10.2 Å². The van der Waals surface area contributed by atoms with Gasteiger partial charge in [0, 0.05) is 42.9 Å². The van der Waals surface area contributed by atoms with Crippen molar-refractivity contribution in [2.45, 2.75) is 37.5 Å². The molecule has 1 amide bonds. The third kappa shape index (κ3) is 5.85. The molecule has 0 bridgehead atoms. The smallest absolute Gasteiger partial charge is 0.270 e. The molecular weight excluding hydrogens is 458 g/mol. The Labute approximate surface area is 211 Å². The number of para-hydroxylation sites is 1. The molecule has 3 aromatic rings. The lowest BCUT2D eigenvalue weighted by molar-refractivity contribution is 0.0164. The van der Waals surface area contributed by atoms with Crippen molar-refractivity contribution >= 4 is 18.3 Å². The molecule has 4 rings (SSSR count). The van der Waals surface area contributed by atoms with Crippen molar-refractivity contribution in [3.05, 3.63) is 95.3 Å². The Kier molecular flexibility index (Phi) is 7.89. The monoisotopic (exact) mass is 490 g/mol. The second kappa shape index (κ2) is 11.1. The van der Waals surface area contributed by atoms with Crippen LogP contribution in [0, 0.1) is 0 Å². The van der Waals surface area contributed by atoms with E-state index in [9.17, 15) is 13.6 Å². The fraction of sp³-hybridized carbons (Fsp3) is 0.345. The number of aliphatic imine (C=N–C) groups is 1. The summed E-state index contributed by atoms with van der Waals surface area (Å²) in [7, 11) is 0. The molecule has 1 saturated heterocycles. The molecule has 36 heavy (non-hydrogen) atoms. The second-order valence-corrected chi connectivity index (χ2v) is 9.49. The molecule has 0 saturated carbocycles. The van der Waals surface area contributed by atoms with E-state index >= 15 is 0 Å². The Balaban J connectivity index is 1.44. The predicted molar refractivity (Wildman–Crippen MR) is 139 cm³/mol. The van der Waals surface area contributed by atoms with Crippen LogP contribution in [0.15, 0.2) is 77.9 Å². The van der Waals surface area contributed by atoms with Crippen LogP contribution < -0.4 is 5.32 Å². The van der Waals surface area contributed by atoms with Crippen molar-refractivity contribution < 1.29 is 13.6 Å². The van der Waals surface area contributed by atoms with Gasteiger partial charge in [-0.3, -0.25) is 14.8 Å². The average molecular weight is 491 g/mol. The summed E-state index contributed by atoms with van der Waals surface area (Å²) >= 11 is 0. The van der Waals surface area contributed by atoms with Crippen LogP contribution in [0.3, 0.4) is 0 Å². The molecule has 1 fully saturated rings. The first-order valence-electron chi connectivity index (χ1n) is 12.3. The lowest BCUT2D eigenvalue weighted by Gasteiger charge is -2.41. The van der Waals surface area contributed by atoms with Crippen molar-refractivity contribution in [3.8, 4) is 0 Å². The van der Waals surface area contributed by atoms with Gasteiger partial charge >= 0.3 is 0 Å². The third-order valence-electron chi connectivity index (χ3n) is 7.12. The SMILES string of the molecule is C=Nc1ccccc1C(=O)NCC1(c2ccccn2)CCN(CCc2ccccc2C(C)(F)F)CC1. The number of pyridine rings is 1. The average Bonchev–Trinajstić information content (AvgIpc) is 2.91. The fourth-order valence-corrected chi connectivity index (χ4v) is 5.00. The van der Waals surface area contributed by atoms with Gasteiger partial charge in [-0.15, -0.1) is 0 Å². The van der Waals surface area contributed by atoms with Crippen LogP contribution in [0.4, 0.5) is 14.5 Å². The number of rotatable bonds is 9. The Morgan fingerprint density at radius 2 is 1.78 bits per heavy atom. The first-order chi connectivity index (χ1) is 17.3. The van der Waals surface area contributed by atoms with E-state index in [0.29, 0.717) is 36.3 Å². The third-order valence-corrected chi connectivity index (χ3v) is 7.12. The fourth-order valence-electron chi connectivity index (χ4n) is 5.00. The number of amides is 1. The number of piperidine rings is 1. The van der Waals surface area contributed by atoms with Crippen LogP contribution in [0.25, 0.3) is 0 Å². The van der Waals surface area contributed by atoms with Crippen LogP contribution in [-0.4, -0.2) is 48.7 Å². The normalized spacial score (nSPS) is 15.9. The Bertz CT molecular complexity index is 1190. The van der Waals surface area contributed by atoms with E-state index in [-0.39, 0.29) is 16.9 Å². The Morgan fingerprint density at radius 3 is 2.47 bits per heavy atom. The Hall–Kier alpha value is -3.45. The summed E-state index contributed by atoms with van der Waals surface area (Å²) in [6.07, 6.45) is 3.96. The lowest BCUT2D eigenvalue weighted by Crippen LogP contribution is -2.49. The first kappa shape index (κ1) is 25.6. The van der Waals surface area contributed by atoms with Crippen LogP contribution in [0.2, 0.25) is 0 Å². The van der Waals surface area contributed by atoms with Crippen molar-refractivity contribution in [2.75, 3.05) is 26.2 Å². The molecule has 0 radical (unpaired) electrons. The molecule has 1 aromatic heterocycles. The predicted octanol–water partition coefficient (Wildman–Crippen LogP) is 5.53. The summed E-state index contributed by atoms with van der Waals surface area (Å²) in [5, 5.41) is 3.11. The molecule has 0 unspecified atom stereocenters. The van der Waals surface area contributed by atoms with Crippen LogP contribution >= 0.6 is 0 Å². The highest BCUT2D eigenvalue weighted by atomic mass is 19.3. The molecule has 2 heterocycles. The molecule has 1 N–H and O–H groups in total. The highest BCUT2D eigenvalue weighted by molar-refractivity contribution is 5.99. The zero-order valence-electron chi connectivity index (χ0n) is 20.6.